The van der Waals surface area contributed by atoms with Crippen LogP contribution in [0.25, 0.3) is 0 Å². The number of rotatable bonds is 12. The first-order valence-electron chi connectivity index (χ1n) is 6.52. The highest BCUT2D eigenvalue weighted by atomic mass is 16.6. The molecule has 0 radical (unpaired) electrons. The fraction of sp³-hybridized carbons (Fsp3) is 0.769. The monoisotopic (exact) mass is 324 g/mol. The molecule has 9 nitrogen and oxygen atoms in total. The molecule has 0 aromatic rings. The first-order chi connectivity index (χ1) is 10.4. The lowest BCUT2D eigenvalue weighted by Crippen LogP contribution is -2.49. The van der Waals surface area contributed by atoms with Crippen molar-refractivity contribution in [2.24, 2.45) is 10.8 Å². The number of carbonyl (C=O) groups excluding carboxylic acids is 1. The van der Waals surface area contributed by atoms with Crippen LogP contribution < -0.4 is 0 Å². The van der Waals surface area contributed by atoms with Gasteiger partial charge in [-0.25, -0.2) is 4.79 Å². The molecule has 0 fully saturated rings. The summed E-state index contributed by atoms with van der Waals surface area (Å²) in [6, 6.07) is 0. The lowest BCUT2D eigenvalue weighted by atomic mass is 9.89. The van der Waals surface area contributed by atoms with Crippen LogP contribution in [0.3, 0.4) is 0 Å². The normalized spacial score (nSPS) is 13.7. The Balaban J connectivity index is 4.82. The second-order valence-electron chi connectivity index (χ2n) is 5.14. The Morgan fingerprint density at radius 3 is 1.86 bits per heavy atom. The van der Waals surface area contributed by atoms with E-state index in [1.165, 1.54) is 0 Å². The van der Waals surface area contributed by atoms with Gasteiger partial charge in [-0.05, 0) is 0 Å². The molecule has 0 bridgehead atoms. The largest absolute Gasteiger partial charge is 0.432 e. The minimum absolute atomic E-state index is 0.305. The van der Waals surface area contributed by atoms with E-state index in [1.54, 1.807) is 0 Å². The lowest BCUT2D eigenvalue weighted by Gasteiger charge is -2.35. The van der Waals surface area contributed by atoms with Crippen LogP contribution in [0, 0.1) is 10.8 Å². The first kappa shape index (κ1) is 20.9. The highest BCUT2D eigenvalue weighted by Gasteiger charge is 2.41. The number of esters is 1. The topological polar surface area (TPSA) is 157 Å². The standard InChI is InChI=1S/C13H24O9/c1-2-10(19)22-11(20)13(6-17,7-18)9-21-8-12(3-14,4-15)5-16/h2,11,14-18,20H,1,3-9H2. The SMILES string of the molecule is C=CC(=O)OC(O)C(CO)(CO)COCC(CO)(CO)CO. The van der Waals surface area contributed by atoms with Crippen LogP contribution in [0.2, 0.25) is 0 Å². The summed E-state index contributed by atoms with van der Waals surface area (Å²) in [6.45, 7) is -0.804. The van der Waals surface area contributed by atoms with E-state index in [0.717, 1.165) is 6.08 Å². The van der Waals surface area contributed by atoms with Gasteiger partial charge in [0.1, 0.15) is 5.41 Å². The minimum atomic E-state index is -1.86. The molecule has 0 saturated carbocycles. The minimum Gasteiger partial charge on any atom is -0.432 e. The molecule has 0 aromatic heterocycles. The van der Waals surface area contributed by atoms with E-state index in [0.29, 0.717) is 0 Å². The van der Waals surface area contributed by atoms with Gasteiger partial charge in [0.25, 0.3) is 0 Å². The fourth-order valence-electron chi connectivity index (χ4n) is 1.41. The fourth-order valence-corrected chi connectivity index (χ4v) is 1.41. The first-order valence-corrected chi connectivity index (χ1v) is 6.52. The third-order valence-electron chi connectivity index (χ3n) is 3.35. The summed E-state index contributed by atoms with van der Waals surface area (Å²) in [5.41, 5.74) is -3.01. The summed E-state index contributed by atoms with van der Waals surface area (Å²) in [4.78, 5) is 11.1. The molecule has 0 aromatic carbocycles. The highest BCUT2D eigenvalue weighted by Crippen LogP contribution is 2.25. The maximum absolute atomic E-state index is 11.1. The summed E-state index contributed by atoms with van der Waals surface area (Å²) in [5, 5.41) is 56.0. The van der Waals surface area contributed by atoms with E-state index in [2.05, 4.69) is 11.3 Å². The van der Waals surface area contributed by atoms with E-state index in [4.69, 9.17) is 20.1 Å². The third-order valence-corrected chi connectivity index (χ3v) is 3.35. The zero-order chi connectivity index (χ0) is 17.2. The number of aliphatic hydroxyl groups excluding tert-OH is 6. The van der Waals surface area contributed by atoms with E-state index in [9.17, 15) is 20.1 Å². The maximum Gasteiger partial charge on any atom is 0.332 e. The molecule has 0 heterocycles. The van der Waals surface area contributed by atoms with E-state index in [1.807, 2.05) is 0 Å². The molecule has 0 amide bonds. The summed E-state index contributed by atoms with van der Waals surface area (Å²) in [6.07, 6.45) is -1.06. The van der Waals surface area contributed by atoms with Gasteiger partial charge in [0, 0.05) is 6.08 Å². The van der Waals surface area contributed by atoms with E-state index < -0.39 is 62.7 Å². The van der Waals surface area contributed by atoms with Crippen molar-refractivity contribution < 1.29 is 44.9 Å². The molecule has 22 heavy (non-hydrogen) atoms. The Hall–Kier alpha value is -1.07. The zero-order valence-corrected chi connectivity index (χ0v) is 12.2. The van der Waals surface area contributed by atoms with Gasteiger partial charge in [0.15, 0.2) is 0 Å². The van der Waals surface area contributed by atoms with Gasteiger partial charge in [0.05, 0.1) is 51.7 Å². The Morgan fingerprint density at radius 2 is 1.50 bits per heavy atom. The molecule has 6 N–H and O–H groups in total. The van der Waals surface area contributed by atoms with Crippen molar-refractivity contribution in [1.82, 2.24) is 0 Å². The molecule has 0 saturated heterocycles. The lowest BCUT2D eigenvalue weighted by molar-refractivity contribution is -0.217. The third kappa shape index (κ3) is 5.29. The number of hydrogen-bond acceptors (Lipinski definition) is 9. The van der Waals surface area contributed by atoms with Crippen LogP contribution in [0.5, 0.6) is 0 Å². The molecule has 130 valence electrons. The number of aliphatic hydroxyl groups is 6. The van der Waals surface area contributed by atoms with Gasteiger partial charge in [-0.3, -0.25) is 0 Å². The summed E-state index contributed by atoms with van der Waals surface area (Å²) in [5.74, 6) is -0.950. The second kappa shape index (κ2) is 9.85. The van der Waals surface area contributed by atoms with Crippen molar-refractivity contribution in [3.8, 4) is 0 Å². The zero-order valence-electron chi connectivity index (χ0n) is 12.2. The quantitative estimate of drug-likeness (QED) is 0.125. The van der Waals surface area contributed by atoms with Crippen molar-refractivity contribution in [2.75, 3.05) is 46.2 Å². The number of hydrogen-bond donors (Lipinski definition) is 6. The summed E-state index contributed by atoms with van der Waals surface area (Å²) < 4.78 is 9.74. The van der Waals surface area contributed by atoms with Crippen molar-refractivity contribution in [3.05, 3.63) is 12.7 Å². The van der Waals surface area contributed by atoms with Crippen molar-refractivity contribution in [3.63, 3.8) is 0 Å². The molecule has 0 spiro atoms. The van der Waals surface area contributed by atoms with Gasteiger partial charge in [-0.2, -0.15) is 0 Å². The van der Waals surface area contributed by atoms with Crippen LogP contribution in [0.4, 0.5) is 0 Å². The number of ether oxygens (including phenoxy) is 2. The Bertz CT molecular complexity index is 328. The maximum atomic E-state index is 11.1. The molecular weight excluding hydrogens is 300 g/mol. The van der Waals surface area contributed by atoms with Crippen LogP contribution in [0.15, 0.2) is 12.7 Å². The molecule has 9 heteroatoms. The molecule has 0 rings (SSSR count). The van der Waals surface area contributed by atoms with Crippen molar-refractivity contribution >= 4 is 5.97 Å². The smallest absolute Gasteiger partial charge is 0.332 e. The number of carbonyl (C=O) groups is 1. The van der Waals surface area contributed by atoms with Gasteiger partial charge in [-0.15, -0.1) is 0 Å². The van der Waals surface area contributed by atoms with E-state index >= 15 is 0 Å². The molecular formula is C13H24O9. The Labute approximate surface area is 128 Å². The van der Waals surface area contributed by atoms with Gasteiger partial charge in [-0.1, -0.05) is 6.58 Å². The molecule has 1 unspecified atom stereocenters. The molecule has 0 aliphatic carbocycles. The average Bonchev–Trinajstić information content (AvgIpc) is 2.56. The van der Waals surface area contributed by atoms with Gasteiger partial charge in [0.2, 0.25) is 6.29 Å². The average molecular weight is 324 g/mol. The molecule has 0 aliphatic rings. The molecule has 1 atom stereocenters. The molecule has 0 aliphatic heterocycles. The van der Waals surface area contributed by atoms with Crippen LogP contribution in [-0.4, -0.2) is 89.1 Å². The van der Waals surface area contributed by atoms with Gasteiger partial charge >= 0.3 is 5.97 Å². The predicted molar refractivity (Wildman–Crippen MR) is 73.4 cm³/mol. The second-order valence-corrected chi connectivity index (χ2v) is 5.14. The van der Waals surface area contributed by atoms with Gasteiger partial charge < -0.3 is 40.1 Å². The Morgan fingerprint density at radius 1 is 1.00 bits per heavy atom. The van der Waals surface area contributed by atoms with Crippen molar-refractivity contribution in [2.45, 2.75) is 6.29 Å². The highest BCUT2D eigenvalue weighted by molar-refractivity contribution is 5.81. The van der Waals surface area contributed by atoms with E-state index in [-0.39, 0.29) is 6.61 Å². The van der Waals surface area contributed by atoms with Crippen LogP contribution >= 0.6 is 0 Å². The van der Waals surface area contributed by atoms with Crippen LogP contribution in [-0.2, 0) is 14.3 Å². The Kier molecular flexibility index (Phi) is 9.37. The predicted octanol–water partition coefficient (Wildman–Crippen LogP) is -3.02. The van der Waals surface area contributed by atoms with Crippen molar-refractivity contribution in [1.29, 1.82) is 0 Å². The summed E-state index contributed by atoms with van der Waals surface area (Å²) >= 11 is 0. The van der Waals surface area contributed by atoms with Crippen LogP contribution in [0.1, 0.15) is 0 Å². The summed E-state index contributed by atoms with van der Waals surface area (Å²) in [7, 11) is 0.